The average Bonchev–Trinajstić information content (AvgIpc) is 2.48. The zero-order chi connectivity index (χ0) is 15.2. The van der Waals surface area contributed by atoms with Crippen molar-refractivity contribution in [3.8, 4) is 5.75 Å². The lowest BCUT2D eigenvalue weighted by molar-refractivity contribution is 0.414. The van der Waals surface area contributed by atoms with Gasteiger partial charge in [0.05, 0.1) is 13.2 Å². The van der Waals surface area contributed by atoms with Crippen LogP contribution < -0.4 is 10.1 Å². The fourth-order valence-electron chi connectivity index (χ4n) is 2.69. The summed E-state index contributed by atoms with van der Waals surface area (Å²) in [6.07, 6.45) is 1.12. The maximum Gasteiger partial charge on any atom is 0.118 e. The number of rotatable bonds is 6. The lowest BCUT2D eigenvalue weighted by atomic mass is 9.94. The molecule has 0 aliphatic carbocycles. The van der Waals surface area contributed by atoms with Crippen molar-refractivity contribution < 1.29 is 4.74 Å². The van der Waals surface area contributed by atoms with Crippen LogP contribution in [-0.2, 0) is 6.42 Å². The average molecular weight is 283 g/mol. The third kappa shape index (κ3) is 4.08. The van der Waals surface area contributed by atoms with Gasteiger partial charge in [0.25, 0.3) is 0 Å². The molecule has 0 aliphatic rings. The van der Waals surface area contributed by atoms with E-state index in [1.54, 1.807) is 7.11 Å². The van der Waals surface area contributed by atoms with Gasteiger partial charge in [-0.2, -0.15) is 0 Å². The fourth-order valence-corrected chi connectivity index (χ4v) is 2.69. The van der Waals surface area contributed by atoms with E-state index in [4.69, 9.17) is 4.74 Å². The molecule has 0 aromatic heterocycles. The Morgan fingerprint density at radius 3 is 2.29 bits per heavy atom. The van der Waals surface area contributed by atoms with Gasteiger partial charge in [-0.3, -0.25) is 0 Å². The van der Waals surface area contributed by atoms with Crippen molar-refractivity contribution in [1.29, 1.82) is 0 Å². The predicted molar refractivity (Wildman–Crippen MR) is 88.9 cm³/mol. The Balaban J connectivity index is 2.27. The molecule has 0 amide bonds. The molecule has 0 radical (unpaired) electrons. The summed E-state index contributed by atoms with van der Waals surface area (Å²) in [5.74, 6) is 1.57. The van der Waals surface area contributed by atoms with Crippen LogP contribution in [0.1, 0.15) is 36.6 Å². The Morgan fingerprint density at radius 1 is 1.00 bits per heavy atom. The van der Waals surface area contributed by atoms with Crippen LogP contribution in [0.25, 0.3) is 0 Å². The van der Waals surface area contributed by atoms with Crippen LogP contribution in [0.5, 0.6) is 5.75 Å². The van der Waals surface area contributed by atoms with Gasteiger partial charge >= 0.3 is 0 Å². The molecule has 21 heavy (non-hydrogen) atoms. The molecule has 0 saturated heterocycles. The first-order chi connectivity index (χ1) is 10.1. The molecule has 2 aromatic rings. The van der Waals surface area contributed by atoms with Gasteiger partial charge in [-0.15, -0.1) is 0 Å². The quantitative estimate of drug-likeness (QED) is 0.857. The second-order valence-corrected chi connectivity index (χ2v) is 5.84. The molecule has 0 aliphatic heterocycles. The van der Waals surface area contributed by atoms with Crippen LogP contribution in [0.4, 0.5) is 0 Å². The van der Waals surface area contributed by atoms with Gasteiger partial charge in [0.15, 0.2) is 0 Å². The van der Waals surface area contributed by atoms with Crippen molar-refractivity contribution in [1.82, 2.24) is 5.32 Å². The Labute approximate surface area is 128 Å². The smallest absolute Gasteiger partial charge is 0.118 e. The van der Waals surface area contributed by atoms with Crippen molar-refractivity contribution in [3.05, 3.63) is 65.2 Å². The second kappa shape index (κ2) is 7.28. The molecule has 0 heterocycles. The summed E-state index contributed by atoms with van der Waals surface area (Å²) >= 11 is 0. The van der Waals surface area contributed by atoms with Gasteiger partial charge in [-0.25, -0.2) is 0 Å². The second-order valence-electron chi connectivity index (χ2n) is 5.84. The van der Waals surface area contributed by atoms with Gasteiger partial charge in [0, 0.05) is 0 Å². The van der Waals surface area contributed by atoms with Crippen molar-refractivity contribution in [2.24, 2.45) is 5.92 Å². The van der Waals surface area contributed by atoms with Crippen LogP contribution in [-0.4, -0.2) is 14.2 Å². The highest BCUT2D eigenvalue weighted by Gasteiger charge is 2.12. The highest BCUT2D eigenvalue weighted by molar-refractivity contribution is 5.37. The lowest BCUT2D eigenvalue weighted by Gasteiger charge is -2.19. The van der Waals surface area contributed by atoms with Crippen LogP contribution in [0.15, 0.2) is 48.5 Å². The zero-order valence-corrected chi connectivity index (χ0v) is 13.4. The molecule has 1 unspecified atom stereocenters. The van der Waals surface area contributed by atoms with Crippen molar-refractivity contribution in [2.75, 3.05) is 14.2 Å². The minimum Gasteiger partial charge on any atom is -0.497 e. The largest absolute Gasteiger partial charge is 0.497 e. The summed E-state index contributed by atoms with van der Waals surface area (Å²) in [7, 11) is 3.70. The van der Waals surface area contributed by atoms with E-state index in [1.807, 2.05) is 19.2 Å². The summed E-state index contributed by atoms with van der Waals surface area (Å²) in [4.78, 5) is 0. The molecule has 0 fully saturated rings. The molecular weight excluding hydrogens is 258 g/mol. The Hall–Kier alpha value is -1.80. The monoisotopic (exact) mass is 283 g/mol. The summed E-state index contributed by atoms with van der Waals surface area (Å²) < 4.78 is 5.23. The number of ether oxygens (including phenoxy) is 1. The van der Waals surface area contributed by atoms with E-state index in [0.29, 0.717) is 5.92 Å². The highest BCUT2D eigenvalue weighted by atomic mass is 16.5. The number of hydrogen-bond donors (Lipinski definition) is 1. The van der Waals surface area contributed by atoms with Gasteiger partial charge in [0.2, 0.25) is 0 Å². The molecule has 1 atom stereocenters. The molecule has 1 N–H and O–H groups in total. The fraction of sp³-hybridized carbons (Fsp3) is 0.368. The Morgan fingerprint density at radius 2 is 1.71 bits per heavy atom. The third-order valence-corrected chi connectivity index (χ3v) is 3.67. The van der Waals surface area contributed by atoms with E-state index in [0.717, 1.165) is 12.2 Å². The van der Waals surface area contributed by atoms with Gasteiger partial charge in [0.1, 0.15) is 5.75 Å². The van der Waals surface area contributed by atoms with E-state index in [1.165, 1.54) is 16.7 Å². The molecule has 0 bridgehead atoms. The first kappa shape index (κ1) is 15.6. The van der Waals surface area contributed by atoms with Crippen LogP contribution in [0, 0.1) is 5.92 Å². The number of hydrogen-bond acceptors (Lipinski definition) is 2. The Kier molecular flexibility index (Phi) is 5.40. The topological polar surface area (TPSA) is 21.3 Å². The minimum atomic E-state index is 0.211. The molecule has 2 heteroatoms. The van der Waals surface area contributed by atoms with E-state index in [9.17, 15) is 0 Å². The van der Waals surface area contributed by atoms with E-state index in [2.05, 4.69) is 55.6 Å². The SMILES string of the molecule is CNC(c1ccc(OC)cc1)c1cccc(CC(C)C)c1. The summed E-state index contributed by atoms with van der Waals surface area (Å²) in [6.45, 7) is 4.51. The minimum absolute atomic E-state index is 0.211. The molecule has 112 valence electrons. The maximum absolute atomic E-state index is 5.23. The molecular formula is C19H25NO. The van der Waals surface area contributed by atoms with Crippen LogP contribution in [0.2, 0.25) is 0 Å². The van der Waals surface area contributed by atoms with Crippen molar-refractivity contribution >= 4 is 0 Å². The molecule has 2 nitrogen and oxygen atoms in total. The van der Waals surface area contributed by atoms with Crippen LogP contribution >= 0.6 is 0 Å². The highest BCUT2D eigenvalue weighted by Crippen LogP contribution is 2.25. The van der Waals surface area contributed by atoms with E-state index >= 15 is 0 Å². The zero-order valence-electron chi connectivity index (χ0n) is 13.4. The third-order valence-electron chi connectivity index (χ3n) is 3.67. The molecule has 2 aromatic carbocycles. The number of methoxy groups -OCH3 is 1. The normalized spacial score (nSPS) is 12.4. The summed E-state index contributed by atoms with van der Waals surface area (Å²) in [6, 6.07) is 17.3. The molecule has 0 spiro atoms. The number of nitrogens with one attached hydrogen (secondary N) is 1. The summed E-state index contributed by atoms with van der Waals surface area (Å²) in [5.41, 5.74) is 3.96. The van der Waals surface area contributed by atoms with Crippen molar-refractivity contribution in [3.63, 3.8) is 0 Å². The number of benzene rings is 2. The van der Waals surface area contributed by atoms with Gasteiger partial charge in [-0.1, -0.05) is 50.2 Å². The first-order valence-electron chi connectivity index (χ1n) is 7.54. The van der Waals surface area contributed by atoms with Crippen LogP contribution in [0.3, 0.4) is 0 Å². The van der Waals surface area contributed by atoms with E-state index in [-0.39, 0.29) is 6.04 Å². The molecule has 2 rings (SSSR count). The first-order valence-corrected chi connectivity index (χ1v) is 7.54. The lowest BCUT2D eigenvalue weighted by Crippen LogP contribution is -2.17. The standard InChI is InChI=1S/C19H25NO/c1-14(2)12-15-6-5-7-17(13-15)19(20-3)16-8-10-18(21-4)11-9-16/h5-11,13-14,19-20H,12H2,1-4H3. The van der Waals surface area contributed by atoms with Gasteiger partial charge in [-0.05, 0) is 48.2 Å². The van der Waals surface area contributed by atoms with Crippen molar-refractivity contribution in [2.45, 2.75) is 26.3 Å². The van der Waals surface area contributed by atoms with Gasteiger partial charge < -0.3 is 10.1 Å². The molecule has 0 saturated carbocycles. The Bertz CT molecular complexity index is 560. The summed E-state index contributed by atoms with van der Waals surface area (Å²) in [5, 5.41) is 3.41. The predicted octanol–water partition coefficient (Wildman–Crippen LogP) is 4.20. The maximum atomic E-state index is 5.23. The van der Waals surface area contributed by atoms with E-state index < -0.39 is 0 Å².